The number of amides is 1. The maximum absolute atomic E-state index is 12.5. The van der Waals surface area contributed by atoms with Crippen LogP contribution in [0.5, 0.6) is 0 Å². The second-order valence-corrected chi connectivity index (χ2v) is 21.0. The van der Waals surface area contributed by atoms with Gasteiger partial charge in [-0.3, -0.25) is 9.59 Å². The molecule has 0 aliphatic heterocycles. The Hall–Kier alpha value is -1.40. The summed E-state index contributed by atoms with van der Waals surface area (Å²) in [6, 6.07) is -0.550. The van der Waals surface area contributed by atoms with E-state index in [0.717, 1.165) is 51.4 Å². The lowest BCUT2D eigenvalue weighted by Gasteiger charge is -2.22. The van der Waals surface area contributed by atoms with Crippen LogP contribution in [0, 0.1) is 0 Å². The molecule has 2 atom stereocenters. The molecule has 6 heteroatoms. The molecule has 0 bridgehead atoms. The molecule has 0 aromatic heterocycles. The molecule has 0 saturated heterocycles. The number of carbonyl (C=O) groups excluding carboxylic acids is 2. The van der Waals surface area contributed by atoms with Crippen molar-refractivity contribution >= 4 is 11.9 Å². The first-order chi connectivity index (χ1) is 33.0. The molecule has 0 aliphatic carbocycles. The van der Waals surface area contributed by atoms with Gasteiger partial charge < -0.3 is 20.3 Å². The van der Waals surface area contributed by atoms with Crippen molar-refractivity contribution in [1.82, 2.24) is 5.32 Å². The third-order valence-corrected chi connectivity index (χ3v) is 14.3. The molecule has 0 rings (SSSR count). The van der Waals surface area contributed by atoms with E-state index >= 15 is 0 Å². The molecular formula is C61H119NO5. The zero-order valence-corrected chi connectivity index (χ0v) is 45.4. The number of carbonyl (C=O) groups is 2. The van der Waals surface area contributed by atoms with E-state index < -0.39 is 12.1 Å². The summed E-state index contributed by atoms with van der Waals surface area (Å²) >= 11 is 0. The quantitative estimate of drug-likeness (QED) is 0.0321. The molecule has 398 valence electrons. The van der Waals surface area contributed by atoms with Crippen molar-refractivity contribution in [2.45, 2.75) is 353 Å². The number of ether oxygens (including phenoxy) is 1. The fraction of sp³-hybridized carbons (Fsp3) is 0.934. The average molecular weight is 947 g/mol. The molecule has 0 aliphatic rings. The van der Waals surface area contributed by atoms with Gasteiger partial charge in [0.25, 0.3) is 0 Å². The van der Waals surface area contributed by atoms with E-state index in [1.165, 1.54) is 257 Å². The Labute approximate surface area is 419 Å². The average Bonchev–Trinajstić information content (AvgIpc) is 3.33. The minimum Gasteiger partial charge on any atom is -0.466 e. The van der Waals surface area contributed by atoms with Gasteiger partial charge in [0.2, 0.25) is 5.91 Å². The van der Waals surface area contributed by atoms with Crippen molar-refractivity contribution in [3.8, 4) is 0 Å². The Morgan fingerprint density at radius 1 is 0.403 bits per heavy atom. The maximum atomic E-state index is 12.5. The molecule has 2 unspecified atom stereocenters. The van der Waals surface area contributed by atoms with Crippen molar-refractivity contribution in [1.29, 1.82) is 0 Å². The number of esters is 1. The predicted octanol–water partition coefficient (Wildman–Crippen LogP) is 18.9. The monoisotopic (exact) mass is 946 g/mol. The fourth-order valence-corrected chi connectivity index (χ4v) is 9.64. The summed E-state index contributed by atoms with van der Waals surface area (Å²) < 4.78 is 5.48. The smallest absolute Gasteiger partial charge is 0.305 e. The zero-order valence-electron chi connectivity index (χ0n) is 45.4. The lowest BCUT2D eigenvalue weighted by molar-refractivity contribution is -0.143. The summed E-state index contributed by atoms with van der Waals surface area (Å²) in [5.74, 6) is -0.0505. The molecule has 0 heterocycles. The van der Waals surface area contributed by atoms with Crippen molar-refractivity contribution < 1.29 is 24.5 Å². The Balaban J connectivity index is 3.43. The normalized spacial score (nSPS) is 12.6. The lowest BCUT2D eigenvalue weighted by atomic mass is 10.0. The third-order valence-electron chi connectivity index (χ3n) is 14.3. The lowest BCUT2D eigenvalue weighted by Crippen LogP contribution is -2.45. The SMILES string of the molecule is CCCCCCCCC/C=C\CCCCCCCC(=O)OCCCCCCCCCCCCCCCCC(=O)NC(CO)C(O)CCCCCCCCCCCCCCCCCCCCCC. The van der Waals surface area contributed by atoms with Gasteiger partial charge in [0.05, 0.1) is 25.4 Å². The van der Waals surface area contributed by atoms with E-state index in [1.807, 2.05) is 0 Å². The van der Waals surface area contributed by atoms with Crippen molar-refractivity contribution in [2.75, 3.05) is 13.2 Å². The molecule has 3 N–H and O–H groups in total. The van der Waals surface area contributed by atoms with Gasteiger partial charge in [0.1, 0.15) is 0 Å². The standard InChI is InChI=1S/C61H119NO5/c1-3-5-7-9-11-13-15-17-19-21-22-23-24-25-29-33-37-41-45-49-53-59(64)58(57-63)62-60(65)54-50-46-42-38-34-30-27-28-32-36-40-44-48-52-56-67-61(66)55-51-47-43-39-35-31-26-20-18-16-14-12-10-8-6-4-2/h20,26,58-59,63-64H,3-19,21-25,27-57H2,1-2H3,(H,62,65)/b26-20-. The van der Waals surface area contributed by atoms with E-state index in [4.69, 9.17) is 4.74 Å². The van der Waals surface area contributed by atoms with Crippen molar-refractivity contribution in [3.63, 3.8) is 0 Å². The molecule has 0 aromatic rings. The summed E-state index contributed by atoms with van der Waals surface area (Å²) in [5.41, 5.74) is 0. The molecule has 1 amide bonds. The summed E-state index contributed by atoms with van der Waals surface area (Å²) in [6.07, 6.45) is 67.7. The molecule has 0 fully saturated rings. The van der Waals surface area contributed by atoms with Gasteiger partial charge in [-0.2, -0.15) is 0 Å². The Kier molecular flexibility index (Phi) is 56.0. The number of nitrogens with one attached hydrogen (secondary N) is 1. The predicted molar refractivity (Wildman–Crippen MR) is 292 cm³/mol. The summed E-state index contributed by atoms with van der Waals surface area (Å²) in [5, 5.41) is 23.3. The molecule has 0 radical (unpaired) electrons. The number of hydrogen-bond donors (Lipinski definition) is 3. The van der Waals surface area contributed by atoms with E-state index in [-0.39, 0.29) is 18.5 Å². The van der Waals surface area contributed by atoms with Crippen LogP contribution in [0.2, 0.25) is 0 Å². The number of unbranched alkanes of at least 4 members (excludes halogenated alkanes) is 44. The fourth-order valence-electron chi connectivity index (χ4n) is 9.64. The van der Waals surface area contributed by atoms with Crippen LogP contribution in [0.1, 0.15) is 341 Å². The summed E-state index contributed by atoms with van der Waals surface area (Å²) in [7, 11) is 0. The topological polar surface area (TPSA) is 95.9 Å². The van der Waals surface area contributed by atoms with Crippen LogP contribution in [0.25, 0.3) is 0 Å². The first-order valence-corrected chi connectivity index (χ1v) is 30.4. The Morgan fingerprint density at radius 3 is 1.06 bits per heavy atom. The first kappa shape index (κ1) is 65.6. The highest BCUT2D eigenvalue weighted by Gasteiger charge is 2.20. The first-order valence-electron chi connectivity index (χ1n) is 30.4. The highest BCUT2D eigenvalue weighted by atomic mass is 16.5. The van der Waals surface area contributed by atoms with E-state index in [1.54, 1.807) is 0 Å². The number of aliphatic hydroxyl groups is 2. The Bertz CT molecular complexity index is 1000. The largest absolute Gasteiger partial charge is 0.466 e. The summed E-state index contributed by atoms with van der Waals surface area (Å²) in [4.78, 5) is 24.6. The zero-order chi connectivity index (χ0) is 48.6. The highest BCUT2D eigenvalue weighted by Crippen LogP contribution is 2.18. The van der Waals surface area contributed by atoms with Gasteiger partial charge in [-0.05, 0) is 51.4 Å². The second-order valence-electron chi connectivity index (χ2n) is 21.0. The highest BCUT2D eigenvalue weighted by molar-refractivity contribution is 5.76. The number of aliphatic hydroxyl groups excluding tert-OH is 2. The van der Waals surface area contributed by atoms with Crippen LogP contribution in [-0.4, -0.2) is 47.4 Å². The van der Waals surface area contributed by atoms with Crippen LogP contribution < -0.4 is 5.32 Å². The van der Waals surface area contributed by atoms with Crippen LogP contribution in [0.4, 0.5) is 0 Å². The molecule has 6 nitrogen and oxygen atoms in total. The summed E-state index contributed by atoms with van der Waals surface area (Å²) in [6.45, 7) is 4.95. The van der Waals surface area contributed by atoms with Crippen molar-refractivity contribution in [2.24, 2.45) is 0 Å². The van der Waals surface area contributed by atoms with E-state index in [2.05, 4.69) is 31.3 Å². The number of allylic oxidation sites excluding steroid dienone is 2. The molecule has 0 saturated carbocycles. The minimum absolute atomic E-state index is 0.00841. The van der Waals surface area contributed by atoms with Gasteiger partial charge >= 0.3 is 5.97 Å². The van der Waals surface area contributed by atoms with Gasteiger partial charge in [-0.25, -0.2) is 0 Å². The molecule has 0 spiro atoms. The molecule has 0 aromatic carbocycles. The minimum atomic E-state index is -0.672. The van der Waals surface area contributed by atoms with E-state index in [9.17, 15) is 19.8 Å². The van der Waals surface area contributed by atoms with Crippen LogP contribution in [-0.2, 0) is 14.3 Å². The van der Waals surface area contributed by atoms with Crippen molar-refractivity contribution in [3.05, 3.63) is 12.2 Å². The van der Waals surface area contributed by atoms with Gasteiger partial charge in [-0.1, -0.05) is 289 Å². The van der Waals surface area contributed by atoms with Gasteiger partial charge in [-0.15, -0.1) is 0 Å². The molecular weight excluding hydrogens is 827 g/mol. The Morgan fingerprint density at radius 2 is 0.701 bits per heavy atom. The van der Waals surface area contributed by atoms with Crippen LogP contribution >= 0.6 is 0 Å². The third kappa shape index (κ3) is 53.8. The number of rotatable bonds is 57. The number of hydrogen-bond acceptors (Lipinski definition) is 5. The second kappa shape index (κ2) is 57.2. The maximum Gasteiger partial charge on any atom is 0.305 e. The van der Waals surface area contributed by atoms with Gasteiger partial charge in [0, 0.05) is 12.8 Å². The van der Waals surface area contributed by atoms with Gasteiger partial charge in [0.15, 0.2) is 0 Å². The van der Waals surface area contributed by atoms with Crippen LogP contribution in [0.3, 0.4) is 0 Å². The molecule has 67 heavy (non-hydrogen) atoms. The van der Waals surface area contributed by atoms with Crippen LogP contribution in [0.15, 0.2) is 12.2 Å². The van der Waals surface area contributed by atoms with E-state index in [0.29, 0.717) is 25.9 Å².